The average Bonchev–Trinajstić information content (AvgIpc) is 3.16. The molecule has 156 valence electrons. The van der Waals surface area contributed by atoms with Crippen LogP contribution in [-0.4, -0.2) is 44.9 Å². The fourth-order valence-electron chi connectivity index (χ4n) is 4.10. The Kier molecular flexibility index (Phi) is 6.95. The molecule has 2 aromatic carbocycles. The van der Waals surface area contributed by atoms with Crippen LogP contribution in [-0.2, 0) is 6.54 Å². The van der Waals surface area contributed by atoms with Gasteiger partial charge in [-0.25, -0.2) is 0 Å². The first kappa shape index (κ1) is 20.5. The van der Waals surface area contributed by atoms with E-state index in [9.17, 15) is 0 Å². The number of fused-ring (bicyclic) bond motifs is 1. The molecule has 5 nitrogen and oxygen atoms in total. The monoisotopic (exact) mass is 460 g/mol. The van der Waals surface area contributed by atoms with E-state index < -0.39 is 0 Å². The van der Waals surface area contributed by atoms with Crippen molar-refractivity contribution < 1.29 is 14.2 Å². The summed E-state index contributed by atoms with van der Waals surface area (Å²) in [4.78, 5) is 2.58. The maximum absolute atomic E-state index is 5.87. The van der Waals surface area contributed by atoms with E-state index in [1.54, 1.807) is 7.11 Å². The average molecular weight is 461 g/mol. The summed E-state index contributed by atoms with van der Waals surface area (Å²) >= 11 is 3.64. The highest BCUT2D eigenvalue weighted by atomic mass is 79.9. The summed E-state index contributed by atoms with van der Waals surface area (Å²) in [5, 5.41) is 3.66. The molecule has 0 bridgehead atoms. The Balaban J connectivity index is 1.45. The van der Waals surface area contributed by atoms with E-state index in [2.05, 4.69) is 56.5 Å². The molecule has 2 aliphatic heterocycles. The van der Waals surface area contributed by atoms with Crippen molar-refractivity contribution in [1.82, 2.24) is 10.2 Å². The number of nitrogens with one attached hydrogen (secondary N) is 1. The van der Waals surface area contributed by atoms with Crippen LogP contribution >= 0.6 is 15.9 Å². The summed E-state index contributed by atoms with van der Waals surface area (Å²) in [6.07, 6.45) is 3.46. The molecular weight excluding hydrogens is 432 g/mol. The minimum Gasteiger partial charge on any atom is -0.497 e. The summed E-state index contributed by atoms with van der Waals surface area (Å²) in [5.41, 5.74) is 2.49. The molecule has 1 N–H and O–H groups in total. The Hall–Kier alpha value is -1.76. The van der Waals surface area contributed by atoms with Crippen LogP contribution in [0.2, 0.25) is 0 Å². The number of nitrogens with zero attached hydrogens (tertiary/aromatic N) is 1. The molecular formula is C23H29BrN2O3. The standard InChI is InChI=1S/C23H29BrN2O3/c1-27-19-7-4-6-18(14-19)21(26-8-2-3-9-26)16-25-15-17-12-20(24)23-22(13-17)28-10-5-11-29-23/h4,6-7,12-14,21,25H,2-3,5,8-11,15-16H2,1H3. The Bertz CT molecular complexity index is 824. The van der Waals surface area contributed by atoms with Gasteiger partial charge in [-0.15, -0.1) is 0 Å². The number of likely N-dealkylation sites (tertiary alicyclic amines) is 1. The van der Waals surface area contributed by atoms with Crippen molar-refractivity contribution in [3.8, 4) is 17.2 Å². The Morgan fingerprint density at radius 3 is 2.76 bits per heavy atom. The minimum absolute atomic E-state index is 0.344. The fraction of sp³-hybridized carbons (Fsp3) is 0.478. The molecule has 29 heavy (non-hydrogen) atoms. The van der Waals surface area contributed by atoms with E-state index >= 15 is 0 Å². The van der Waals surface area contributed by atoms with Crippen molar-refractivity contribution in [2.24, 2.45) is 0 Å². The van der Waals surface area contributed by atoms with E-state index in [4.69, 9.17) is 14.2 Å². The Morgan fingerprint density at radius 2 is 1.93 bits per heavy atom. The second-order valence-corrected chi connectivity index (χ2v) is 8.48. The molecule has 0 saturated carbocycles. The normalized spacial score (nSPS) is 17.7. The number of hydrogen-bond acceptors (Lipinski definition) is 5. The number of ether oxygens (including phenoxy) is 3. The summed E-state index contributed by atoms with van der Waals surface area (Å²) in [7, 11) is 1.73. The Labute approximate surface area is 181 Å². The van der Waals surface area contributed by atoms with Crippen LogP contribution in [0.1, 0.15) is 36.4 Å². The van der Waals surface area contributed by atoms with Crippen molar-refractivity contribution >= 4 is 15.9 Å². The van der Waals surface area contributed by atoms with Gasteiger partial charge < -0.3 is 19.5 Å². The quantitative estimate of drug-likeness (QED) is 0.656. The zero-order valence-corrected chi connectivity index (χ0v) is 18.5. The van der Waals surface area contributed by atoms with Crippen LogP contribution in [0.3, 0.4) is 0 Å². The van der Waals surface area contributed by atoms with Crippen LogP contribution in [0.15, 0.2) is 40.9 Å². The molecule has 0 spiro atoms. The van der Waals surface area contributed by atoms with Gasteiger partial charge in [-0.1, -0.05) is 12.1 Å². The SMILES string of the molecule is COc1cccc(C(CNCc2cc(Br)c3c(c2)OCCCO3)N2CCCC2)c1. The highest BCUT2D eigenvalue weighted by molar-refractivity contribution is 9.10. The molecule has 0 radical (unpaired) electrons. The summed E-state index contributed by atoms with van der Waals surface area (Å²) in [5.74, 6) is 2.56. The van der Waals surface area contributed by atoms with Gasteiger partial charge in [0, 0.05) is 25.6 Å². The molecule has 1 atom stereocenters. The summed E-state index contributed by atoms with van der Waals surface area (Å²) < 4.78 is 18.1. The third-order valence-corrected chi connectivity index (χ3v) is 6.18. The molecule has 2 aromatic rings. The second kappa shape index (κ2) is 9.83. The van der Waals surface area contributed by atoms with Crippen LogP contribution in [0.5, 0.6) is 17.2 Å². The molecule has 4 rings (SSSR count). The van der Waals surface area contributed by atoms with Crippen LogP contribution in [0.25, 0.3) is 0 Å². The van der Waals surface area contributed by atoms with Gasteiger partial charge in [-0.3, -0.25) is 4.90 Å². The third kappa shape index (κ3) is 5.05. The second-order valence-electron chi connectivity index (χ2n) is 7.62. The largest absolute Gasteiger partial charge is 0.497 e. The molecule has 6 heteroatoms. The van der Waals surface area contributed by atoms with Gasteiger partial charge in [0.25, 0.3) is 0 Å². The smallest absolute Gasteiger partial charge is 0.175 e. The van der Waals surface area contributed by atoms with Crippen molar-refractivity contribution in [3.63, 3.8) is 0 Å². The van der Waals surface area contributed by atoms with Crippen molar-refractivity contribution in [3.05, 3.63) is 52.0 Å². The fourth-order valence-corrected chi connectivity index (χ4v) is 4.70. The lowest BCUT2D eigenvalue weighted by molar-refractivity contribution is 0.238. The van der Waals surface area contributed by atoms with Gasteiger partial charge in [0.2, 0.25) is 0 Å². The van der Waals surface area contributed by atoms with Gasteiger partial charge in [0.15, 0.2) is 11.5 Å². The third-order valence-electron chi connectivity index (χ3n) is 5.59. The Morgan fingerprint density at radius 1 is 1.10 bits per heavy atom. The first-order valence-electron chi connectivity index (χ1n) is 10.4. The highest BCUT2D eigenvalue weighted by Gasteiger charge is 2.23. The number of hydrogen-bond donors (Lipinski definition) is 1. The molecule has 1 fully saturated rings. The van der Waals surface area contributed by atoms with E-state index in [1.807, 2.05) is 6.07 Å². The van der Waals surface area contributed by atoms with Gasteiger partial charge in [0.1, 0.15) is 5.75 Å². The van der Waals surface area contributed by atoms with Gasteiger partial charge in [-0.05, 0) is 77.3 Å². The first-order valence-corrected chi connectivity index (χ1v) is 11.2. The zero-order valence-electron chi connectivity index (χ0n) is 17.0. The number of methoxy groups -OCH3 is 1. The summed E-state index contributed by atoms with van der Waals surface area (Å²) in [6, 6.07) is 13.0. The predicted octanol–water partition coefficient (Wildman–Crippen LogP) is 4.55. The molecule has 1 unspecified atom stereocenters. The first-order chi connectivity index (χ1) is 14.2. The van der Waals surface area contributed by atoms with Crippen molar-refractivity contribution in [2.45, 2.75) is 31.8 Å². The van der Waals surface area contributed by atoms with Crippen LogP contribution in [0, 0.1) is 0 Å². The zero-order chi connectivity index (χ0) is 20.1. The van der Waals surface area contributed by atoms with E-state index in [0.29, 0.717) is 19.3 Å². The molecule has 0 aliphatic carbocycles. The van der Waals surface area contributed by atoms with Crippen molar-refractivity contribution in [2.75, 3.05) is 40.0 Å². The lowest BCUT2D eigenvalue weighted by Gasteiger charge is -2.28. The minimum atomic E-state index is 0.344. The van der Waals surface area contributed by atoms with E-state index in [-0.39, 0.29) is 0 Å². The maximum Gasteiger partial charge on any atom is 0.175 e. The highest BCUT2D eigenvalue weighted by Crippen LogP contribution is 2.38. The lowest BCUT2D eigenvalue weighted by atomic mass is 10.0. The molecule has 2 aliphatic rings. The van der Waals surface area contributed by atoms with Gasteiger partial charge >= 0.3 is 0 Å². The molecule has 0 aromatic heterocycles. The maximum atomic E-state index is 5.87. The van der Waals surface area contributed by atoms with Crippen LogP contribution in [0.4, 0.5) is 0 Å². The molecule has 2 heterocycles. The van der Waals surface area contributed by atoms with E-state index in [0.717, 1.165) is 54.3 Å². The van der Waals surface area contributed by atoms with E-state index in [1.165, 1.54) is 24.0 Å². The predicted molar refractivity (Wildman–Crippen MR) is 118 cm³/mol. The lowest BCUT2D eigenvalue weighted by Crippen LogP contribution is -2.34. The number of halogens is 1. The molecule has 1 saturated heterocycles. The van der Waals surface area contributed by atoms with Crippen LogP contribution < -0.4 is 19.5 Å². The number of rotatable bonds is 7. The topological polar surface area (TPSA) is 43.0 Å². The van der Waals surface area contributed by atoms with Crippen molar-refractivity contribution in [1.29, 1.82) is 0 Å². The summed E-state index contributed by atoms with van der Waals surface area (Å²) in [6.45, 7) is 5.37. The van der Waals surface area contributed by atoms with Gasteiger partial charge in [-0.2, -0.15) is 0 Å². The van der Waals surface area contributed by atoms with Gasteiger partial charge in [0.05, 0.1) is 24.8 Å². The molecule has 0 amide bonds. The number of benzene rings is 2.